The summed E-state index contributed by atoms with van der Waals surface area (Å²) < 4.78 is 5.20. The number of rotatable bonds is 6. The Balaban J connectivity index is 2.55. The second-order valence-corrected chi connectivity index (χ2v) is 4.32. The Hall–Kier alpha value is -0.900. The number of nitrogens with two attached hydrogens (primary N) is 1. The predicted molar refractivity (Wildman–Crippen MR) is 59.5 cm³/mol. The van der Waals surface area contributed by atoms with Gasteiger partial charge in [-0.1, -0.05) is 25.9 Å². The predicted octanol–water partition coefficient (Wildman–Crippen LogP) is 2.11. The maximum absolute atomic E-state index is 5.62. The molecule has 4 nitrogen and oxygen atoms in total. The summed E-state index contributed by atoms with van der Waals surface area (Å²) in [6.45, 7) is 7.03. The van der Waals surface area contributed by atoms with Crippen LogP contribution in [0, 0.1) is 5.92 Å². The summed E-state index contributed by atoms with van der Waals surface area (Å²) in [5, 5.41) is 3.96. The molecule has 0 aliphatic rings. The van der Waals surface area contributed by atoms with E-state index in [2.05, 4.69) is 30.9 Å². The van der Waals surface area contributed by atoms with Crippen LogP contribution in [-0.2, 0) is 6.42 Å². The Labute approximate surface area is 91.2 Å². The van der Waals surface area contributed by atoms with E-state index in [1.54, 1.807) is 0 Å². The number of hydrogen-bond donors (Lipinski definition) is 1. The third-order valence-electron chi connectivity index (χ3n) is 2.56. The van der Waals surface area contributed by atoms with Gasteiger partial charge in [-0.15, -0.1) is 0 Å². The van der Waals surface area contributed by atoms with E-state index in [0.29, 0.717) is 18.4 Å². The fraction of sp³-hybridized carbons (Fsp3) is 0.818. The maximum atomic E-state index is 5.62. The van der Waals surface area contributed by atoms with Crippen molar-refractivity contribution in [3.63, 3.8) is 0 Å². The van der Waals surface area contributed by atoms with Crippen molar-refractivity contribution in [1.82, 2.24) is 10.1 Å². The fourth-order valence-corrected chi connectivity index (χ4v) is 1.39. The van der Waals surface area contributed by atoms with Crippen LogP contribution < -0.4 is 5.73 Å². The molecule has 0 bridgehead atoms. The first kappa shape index (κ1) is 12.2. The first-order valence-corrected chi connectivity index (χ1v) is 5.69. The van der Waals surface area contributed by atoms with Gasteiger partial charge in [-0.3, -0.25) is 0 Å². The topological polar surface area (TPSA) is 64.9 Å². The zero-order valence-corrected chi connectivity index (χ0v) is 9.86. The molecular formula is C11H21N3O. The van der Waals surface area contributed by atoms with Crippen LogP contribution in [0.4, 0.5) is 0 Å². The van der Waals surface area contributed by atoms with Gasteiger partial charge < -0.3 is 10.3 Å². The molecule has 0 saturated carbocycles. The Bertz CT molecular complexity index is 279. The van der Waals surface area contributed by atoms with Gasteiger partial charge in [0, 0.05) is 13.0 Å². The highest BCUT2D eigenvalue weighted by atomic mass is 16.5. The van der Waals surface area contributed by atoms with Gasteiger partial charge in [0.1, 0.15) is 0 Å². The third kappa shape index (κ3) is 3.63. The minimum Gasteiger partial charge on any atom is -0.339 e. The number of aromatic nitrogens is 2. The van der Waals surface area contributed by atoms with E-state index >= 15 is 0 Å². The Morgan fingerprint density at radius 3 is 2.67 bits per heavy atom. The van der Waals surface area contributed by atoms with Crippen molar-refractivity contribution in [2.75, 3.05) is 6.54 Å². The van der Waals surface area contributed by atoms with Crippen LogP contribution in [0.15, 0.2) is 4.52 Å². The van der Waals surface area contributed by atoms with Crippen molar-refractivity contribution in [1.29, 1.82) is 0 Å². The van der Waals surface area contributed by atoms with Crippen LogP contribution in [0.1, 0.15) is 51.2 Å². The van der Waals surface area contributed by atoms with Gasteiger partial charge in [-0.25, -0.2) is 0 Å². The lowest BCUT2D eigenvalue weighted by molar-refractivity contribution is 0.346. The maximum Gasteiger partial charge on any atom is 0.231 e. The summed E-state index contributed by atoms with van der Waals surface area (Å²) in [5.74, 6) is 2.39. The molecule has 4 heteroatoms. The highest BCUT2D eigenvalue weighted by Gasteiger charge is 2.15. The first-order chi connectivity index (χ1) is 7.17. The van der Waals surface area contributed by atoms with Gasteiger partial charge in [0.2, 0.25) is 5.89 Å². The smallest absolute Gasteiger partial charge is 0.231 e. The van der Waals surface area contributed by atoms with Gasteiger partial charge in [0.15, 0.2) is 5.82 Å². The van der Waals surface area contributed by atoms with Crippen molar-refractivity contribution >= 4 is 0 Å². The van der Waals surface area contributed by atoms with Gasteiger partial charge >= 0.3 is 0 Å². The molecule has 86 valence electrons. The van der Waals surface area contributed by atoms with E-state index in [4.69, 9.17) is 10.3 Å². The summed E-state index contributed by atoms with van der Waals surface area (Å²) in [7, 11) is 0. The molecule has 1 rings (SSSR count). The molecule has 0 aliphatic heterocycles. The molecule has 0 saturated heterocycles. The second-order valence-electron chi connectivity index (χ2n) is 4.32. The van der Waals surface area contributed by atoms with Crippen molar-refractivity contribution < 1.29 is 4.52 Å². The highest BCUT2D eigenvalue weighted by Crippen LogP contribution is 2.16. The monoisotopic (exact) mass is 211 g/mol. The molecule has 1 unspecified atom stereocenters. The Kier molecular flexibility index (Phi) is 4.75. The summed E-state index contributed by atoms with van der Waals surface area (Å²) in [6, 6.07) is 0. The standard InChI is InChI=1S/C11H21N3O/c1-4-9(7-12)11-13-10(14-15-11)6-5-8(2)3/h8-9H,4-7,12H2,1-3H3. The molecule has 0 spiro atoms. The molecule has 0 aromatic carbocycles. The molecule has 0 fully saturated rings. The summed E-state index contributed by atoms with van der Waals surface area (Å²) in [6.07, 6.45) is 2.93. The molecule has 1 aromatic heterocycles. The van der Waals surface area contributed by atoms with Crippen LogP contribution in [0.2, 0.25) is 0 Å². The van der Waals surface area contributed by atoms with Crippen molar-refractivity contribution in [3.8, 4) is 0 Å². The second kappa shape index (κ2) is 5.85. The van der Waals surface area contributed by atoms with Crippen LogP contribution in [0.3, 0.4) is 0 Å². The summed E-state index contributed by atoms with van der Waals surface area (Å²) in [5.41, 5.74) is 5.62. The summed E-state index contributed by atoms with van der Waals surface area (Å²) in [4.78, 5) is 4.37. The van der Waals surface area contributed by atoms with E-state index in [-0.39, 0.29) is 5.92 Å². The minimum absolute atomic E-state index is 0.213. The van der Waals surface area contributed by atoms with Gasteiger partial charge in [-0.05, 0) is 18.8 Å². The third-order valence-corrected chi connectivity index (χ3v) is 2.56. The first-order valence-electron chi connectivity index (χ1n) is 5.69. The molecule has 0 aliphatic carbocycles. The van der Waals surface area contributed by atoms with Crippen LogP contribution in [-0.4, -0.2) is 16.7 Å². The molecule has 1 aromatic rings. The lowest BCUT2D eigenvalue weighted by Gasteiger charge is -2.04. The largest absolute Gasteiger partial charge is 0.339 e. The molecule has 0 amide bonds. The molecule has 0 radical (unpaired) electrons. The normalized spacial score (nSPS) is 13.4. The van der Waals surface area contributed by atoms with Crippen LogP contribution in [0.5, 0.6) is 0 Å². The zero-order valence-electron chi connectivity index (χ0n) is 9.86. The SMILES string of the molecule is CCC(CN)c1nc(CCC(C)C)no1. The number of aryl methyl sites for hydroxylation is 1. The van der Waals surface area contributed by atoms with Gasteiger partial charge in [0.05, 0.1) is 5.92 Å². The average molecular weight is 211 g/mol. The number of nitrogens with zero attached hydrogens (tertiary/aromatic N) is 2. The van der Waals surface area contributed by atoms with E-state index < -0.39 is 0 Å². The van der Waals surface area contributed by atoms with Gasteiger partial charge in [0.25, 0.3) is 0 Å². The highest BCUT2D eigenvalue weighted by molar-refractivity contribution is 4.94. The van der Waals surface area contributed by atoms with Crippen molar-refractivity contribution in [3.05, 3.63) is 11.7 Å². The molecule has 15 heavy (non-hydrogen) atoms. The Morgan fingerprint density at radius 1 is 1.40 bits per heavy atom. The molecular weight excluding hydrogens is 190 g/mol. The summed E-state index contributed by atoms with van der Waals surface area (Å²) >= 11 is 0. The van der Waals surface area contributed by atoms with Crippen molar-refractivity contribution in [2.45, 2.75) is 46.0 Å². The van der Waals surface area contributed by atoms with Crippen molar-refractivity contribution in [2.24, 2.45) is 11.7 Å². The fourth-order valence-electron chi connectivity index (χ4n) is 1.39. The van der Waals surface area contributed by atoms with E-state index in [9.17, 15) is 0 Å². The average Bonchev–Trinajstić information content (AvgIpc) is 2.65. The molecule has 1 heterocycles. The number of hydrogen-bond acceptors (Lipinski definition) is 4. The van der Waals surface area contributed by atoms with Crippen LogP contribution in [0.25, 0.3) is 0 Å². The minimum atomic E-state index is 0.213. The van der Waals surface area contributed by atoms with E-state index in [0.717, 1.165) is 25.1 Å². The quantitative estimate of drug-likeness (QED) is 0.782. The lowest BCUT2D eigenvalue weighted by Crippen LogP contribution is -2.11. The van der Waals surface area contributed by atoms with E-state index in [1.165, 1.54) is 0 Å². The Morgan fingerprint density at radius 2 is 2.13 bits per heavy atom. The molecule has 1 atom stereocenters. The van der Waals surface area contributed by atoms with E-state index in [1.807, 2.05) is 0 Å². The molecule has 2 N–H and O–H groups in total. The van der Waals surface area contributed by atoms with Crippen LogP contribution >= 0.6 is 0 Å². The lowest BCUT2D eigenvalue weighted by atomic mass is 10.1. The zero-order chi connectivity index (χ0) is 11.3. The van der Waals surface area contributed by atoms with Gasteiger partial charge in [-0.2, -0.15) is 4.98 Å².